The summed E-state index contributed by atoms with van der Waals surface area (Å²) in [5.74, 6) is 2.22. The molecule has 1 aromatic rings. The highest BCUT2D eigenvalue weighted by Gasteiger charge is 1.98. The van der Waals surface area contributed by atoms with Gasteiger partial charge in [0.15, 0.2) is 0 Å². The van der Waals surface area contributed by atoms with Gasteiger partial charge in [0, 0.05) is 6.54 Å². The fraction of sp³-hybridized carbons (Fsp3) is 0.583. The lowest BCUT2D eigenvalue weighted by atomic mass is 10.2. The lowest BCUT2D eigenvalue weighted by Gasteiger charge is -2.08. The highest BCUT2D eigenvalue weighted by molar-refractivity contribution is 7.98. The molecule has 90 valence electrons. The zero-order valence-corrected chi connectivity index (χ0v) is 10.9. The van der Waals surface area contributed by atoms with Crippen LogP contribution in [-0.2, 0) is 0 Å². The first-order valence-electron chi connectivity index (χ1n) is 5.69. The zero-order chi connectivity index (χ0) is 11.8. The van der Waals surface area contributed by atoms with Crippen LogP contribution in [0.5, 0.6) is 0 Å². The maximum absolute atomic E-state index is 5.64. The minimum absolute atomic E-state index is 0.725. The van der Waals surface area contributed by atoms with E-state index in [2.05, 4.69) is 16.6 Å². The highest BCUT2D eigenvalue weighted by atomic mass is 32.2. The number of rotatable bonds is 7. The molecule has 0 aromatic carbocycles. The molecular formula is C12H21N3S. The number of anilines is 2. The molecule has 0 aliphatic carbocycles. The standard InChI is InChI=1S/C12H21N3S/c1-10-8-11(13)9-15-12(10)14-6-4-3-5-7-16-2/h8-9H,3-7,13H2,1-2H3,(H,14,15). The number of nitrogens with two attached hydrogens (primary N) is 1. The Labute approximate surface area is 102 Å². The van der Waals surface area contributed by atoms with Crippen molar-refractivity contribution in [3.63, 3.8) is 0 Å². The van der Waals surface area contributed by atoms with Gasteiger partial charge in [0.05, 0.1) is 11.9 Å². The summed E-state index contributed by atoms with van der Waals surface area (Å²) in [6.07, 6.45) is 7.63. The summed E-state index contributed by atoms with van der Waals surface area (Å²) in [4.78, 5) is 4.27. The first-order chi connectivity index (χ1) is 7.74. The topological polar surface area (TPSA) is 50.9 Å². The third kappa shape index (κ3) is 4.75. The average molecular weight is 239 g/mol. The molecule has 0 atom stereocenters. The van der Waals surface area contributed by atoms with Gasteiger partial charge in [-0.25, -0.2) is 4.98 Å². The molecule has 1 aromatic heterocycles. The molecule has 0 aliphatic rings. The van der Waals surface area contributed by atoms with Crippen molar-refractivity contribution in [2.75, 3.05) is 29.6 Å². The first kappa shape index (κ1) is 13.2. The van der Waals surface area contributed by atoms with E-state index in [0.29, 0.717) is 0 Å². The van der Waals surface area contributed by atoms with Crippen molar-refractivity contribution in [2.45, 2.75) is 26.2 Å². The van der Waals surface area contributed by atoms with Crippen molar-refractivity contribution in [2.24, 2.45) is 0 Å². The first-order valence-corrected chi connectivity index (χ1v) is 7.08. The molecule has 3 nitrogen and oxygen atoms in total. The number of aryl methyl sites for hydroxylation is 1. The van der Waals surface area contributed by atoms with Gasteiger partial charge in [0.25, 0.3) is 0 Å². The second kappa shape index (κ2) is 7.39. The predicted octanol–water partition coefficient (Wildman–Crippen LogP) is 2.92. The molecule has 4 heteroatoms. The molecule has 0 aliphatic heterocycles. The Morgan fingerprint density at radius 3 is 2.88 bits per heavy atom. The smallest absolute Gasteiger partial charge is 0.128 e. The van der Waals surface area contributed by atoms with E-state index in [4.69, 9.17) is 5.73 Å². The second-order valence-corrected chi connectivity index (χ2v) is 4.90. The van der Waals surface area contributed by atoms with Crippen LogP contribution in [0, 0.1) is 6.92 Å². The molecule has 0 saturated heterocycles. The Bertz CT molecular complexity index is 315. The van der Waals surface area contributed by atoms with Gasteiger partial charge >= 0.3 is 0 Å². The monoisotopic (exact) mass is 239 g/mol. The largest absolute Gasteiger partial charge is 0.397 e. The number of unbranched alkanes of at least 4 members (excludes halogenated alkanes) is 2. The Hall–Kier alpha value is -0.900. The summed E-state index contributed by atoms with van der Waals surface area (Å²) in [5.41, 5.74) is 7.48. The lowest BCUT2D eigenvalue weighted by Crippen LogP contribution is -2.05. The summed E-state index contributed by atoms with van der Waals surface area (Å²) in [6.45, 7) is 3.02. The summed E-state index contributed by atoms with van der Waals surface area (Å²) < 4.78 is 0. The van der Waals surface area contributed by atoms with Gasteiger partial charge in [0.2, 0.25) is 0 Å². The number of nitrogens with one attached hydrogen (secondary N) is 1. The fourth-order valence-corrected chi connectivity index (χ4v) is 2.03. The molecule has 0 spiro atoms. The van der Waals surface area contributed by atoms with E-state index < -0.39 is 0 Å². The van der Waals surface area contributed by atoms with Crippen molar-refractivity contribution in [1.29, 1.82) is 0 Å². The quantitative estimate of drug-likeness (QED) is 0.718. The van der Waals surface area contributed by atoms with Gasteiger partial charge in [-0.05, 0) is 43.4 Å². The fourth-order valence-electron chi connectivity index (χ4n) is 1.54. The maximum Gasteiger partial charge on any atom is 0.128 e. The zero-order valence-electron chi connectivity index (χ0n) is 10.1. The number of aromatic nitrogens is 1. The summed E-state index contributed by atoms with van der Waals surface area (Å²) in [5, 5.41) is 3.34. The number of hydrogen-bond donors (Lipinski definition) is 2. The minimum atomic E-state index is 0.725. The maximum atomic E-state index is 5.64. The van der Waals surface area contributed by atoms with E-state index in [9.17, 15) is 0 Å². The Morgan fingerprint density at radius 1 is 1.38 bits per heavy atom. The molecule has 0 fully saturated rings. The number of nitrogens with zero attached hydrogens (tertiary/aromatic N) is 1. The van der Waals surface area contributed by atoms with Crippen LogP contribution < -0.4 is 11.1 Å². The van der Waals surface area contributed by atoms with E-state index in [1.54, 1.807) is 6.20 Å². The summed E-state index contributed by atoms with van der Waals surface area (Å²) in [6, 6.07) is 1.95. The molecule has 16 heavy (non-hydrogen) atoms. The van der Waals surface area contributed by atoms with Crippen LogP contribution in [0.25, 0.3) is 0 Å². The SMILES string of the molecule is CSCCCCCNc1ncc(N)cc1C. The molecule has 0 radical (unpaired) electrons. The van der Waals surface area contributed by atoms with Crippen LogP contribution in [0.1, 0.15) is 24.8 Å². The van der Waals surface area contributed by atoms with Crippen LogP contribution in [0.4, 0.5) is 11.5 Å². The van der Waals surface area contributed by atoms with E-state index in [1.165, 1.54) is 25.0 Å². The van der Waals surface area contributed by atoms with Crippen molar-refractivity contribution in [3.05, 3.63) is 17.8 Å². The summed E-state index contributed by atoms with van der Waals surface area (Å²) >= 11 is 1.91. The molecule has 3 N–H and O–H groups in total. The van der Waals surface area contributed by atoms with E-state index in [-0.39, 0.29) is 0 Å². The van der Waals surface area contributed by atoms with Gasteiger partial charge in [-0.15, -0.1) is 0 Å². The Kier molecular flexibility index (Phi) is 6.08. The van der Waals surface area contributed by atoms with Gasteiger partial charge in [-0.2, -0.15) is 11.8 Å². The molecule has 1 heterocycles. The van der Waals surface area contributed by atoms with Crippen molar-refractivity contribution >= 4 is 23.3 Å². The molecular weight excluding hydrogens is 218 g/mol. The number of hydrogen-bond acceptors (Lipinski definition) is 4. The van der Waals surface area contributed by atoms with E-state index in [0.717, 1.165) is 23.6 Å². The van der Waals surface area contributed by atoms with Crippen molar-refractivity contribution in [1.82, 2.24) is 4.98 Å². The van der Waals surface area contributed by atoms with Crippen molar-refractivity contribution < 1.29 is 0 Å². The van der Waals surface area contributed by atoms with Gasteiger partial charge in [-0.1, -0.05) is 6.42 Å². The van der Waals surface area contributed by atoms with Gasteiger partial charge in [0.1, 0.15) is 5.82 Å². The average Bonchev–Trinajstić information content (AvgIpc) is 2.26. The highest BCUT2D eigenvalue weighted by Crippen LogP contribution is 2.13. The van der Waals surface area contributed by atoms with E-state index >= 15 is 0 Å². The molecule has 0 saturated carbocycles. The predicted molar refractivity (Wildman–Crippen MR) is 74.1 cm³/mol. The molecule has 0 unspecified atom stereocenters. The molecule has 1 rings (SSSR count). The number of thioether (sulfide) groups is 1. The van der Waals surface area contributed by atoms with Gasteiger partial charge < -0.3 is 11.1 Å². The minimum Gasteiger partial charge on any atom is -0.397 e. The number of pyridine rings is 1. The van der Waals surface area contributed by atoms with E-state index in [1.807, 2.05) is 24.8 Å². The van der Waals surface area contributed by atoms with Crippen LogP contribution in [0.3, 0.4) is 0 Å². The Morgan fingerprint density at radius 2 is 2.19 bits per heavy atom. The van der Waals surface area contributed by atoms with Crippen LogP contribution in [-0.4, -0.2) is 23.5 Å². The second-order valence-electron chi connectivity index (χ2n) is 3.91. The van der Waals surface area contributed by atoms with Crippen LogP contribution in [0.2, 0.25) is 0 Å². The third-order valence-corrected chi connectivity index (χ3v) is 3.11. The molecule has 0 bridgehead atoms. The lowest BCUT2D eigenvalue weighted by molar-refractivity contribution is 0.748. The Balaban J connectivity index is 2.21. The normalized spacial score (nSPS) is 10.4. The van der Waals surface area contributed by atoms with Crippen LogP contribution in [0.15, 0.2) is 12.3 Å². The van der Waals surface area contributed by atoms with Gasteiger partial charge in [-0.3, -0.25) is 0 Å². The van der Waals surface area contributed by atoms with Crippen LogP contribution >= 0.6 is 11.8 Å². The summed E-state index contributed by atoms with van der Waals surface area (Å²) in [7, 11) is 0. The third-order valence-electron chi connectivity index (χ3n) is 2.42. The molecule has 0 amide bonds. The van der Waals surface area contributed by atoms with Crippen molar-refractivity contribution in [3.8, 4) is 0 Å². The number of nitrogen functional groups attached to an aromatic ring is 1.